The number of rotatable bonds is 5. The molecule has 1 aromatic rings. The number of thioether (sulfide) groups is 1. The summed E-state index contributed by atoms with van der Waals surface area (Å²) in [4.78, 5) is 36.4. The summed E-state index contributed by atoms with van der Waals surface area (Å²) in [6, 6.07) is 9.81. The molecule has 21 heavy (non-hydrogen) atoms. The second-order valence-electron chi connectivity index (χ2n) is 4.86. The highest BCUT2D eigenvalue weighted by molar-refractivity contribution is 8.01. The van der Waals surface area contributed by atoms with Gasteiger partial charge in [0.1, 0.15) is 6.54 Å². The first-order valence-electron chi connectivity index (χ1n) is 6.84. The van der Waals surface area contributed by atoms with E-state index in [1.54, 1.807) is 6.92 Å². The van der Waals surface area contributed by atoms with Crippen molar-refractivity contribution < 1.29 is 14.4 Å². The van der Waals surface area contributed by atoms with Gasteiger partial charge in [-0.25, -0.2) is 0 Å². The van der Waals surface area contributed by atoms with Crippen molar-refractivity contribution in [2.24, 2.45) is 0 Å². The number of carbonyl (C=O) groups is 3. The highest BCUT2D eigenvalue weighted by Crippen LogP contribution is 2.19. The minimum Gasteiger partial charge on any atom is -0.354 e. The van der Waals surface area contributed by atoms with Crippen molar-refractivity contribution in [1.82, 2.24) is 10.2 Å². The van der Waals surface area contributed by atoms with Gasteiger partial charge in [0.05, 0.1) is 11.0 Å². The molecule has 1 aromatic carbocycles. The number of hydrogen-bond acceptors (Lipinski definition) is 4. The van der Waals surface area contributed by atoms with E-state index in [-0.39, 0.29) is 35.3 Å². The van der Waals surface area contributed by atoms with E-state index >= 15 is 0 Å². The van der Waals surface area contributed by atoms with Crippen molar-refractivity contribution in [3.05, 3.63) is 35.9 Å². The van der Waals surface area contributed by atoms with Crippen LogP contribution in [0.25, 0.3) is 0 Å². The molecule has 0 bridgehead atoms. The third-order valence-corrected chi connectivity index (χ3v) is 4.37. The first-order valence-corrected chi connectivity index (χ1v) is 7.89. The predicted molar refractivity (Wildman–Crippen MR) is 81.8 cm³/mol. The van der Waals surface area contributed by atoms with Gasteiger partial charge in [0.15, 0.2) is 0 Å². The van der Waals surface area contributed by atoms with Gasteiger partial charge in [-0.3, -0.25) is 19.3 Å². The summed E-state index contributed by atoms with van der Waals surface area (Å²) >= 11 is 1.31. The zero-order valence-corrected chi connectivity index (χ0v) is 12.7. The van der Waals surface area contributed by atoms with Crippen LogP contribution in [-0.2, 0) is 20.8 Å². The van der Waals surface area contributed by atoms with Crippen molar-refractivity contribution in [2.75, 3.05) is 18.8 Å². The van der Waals surface area contributed by atoms with Crippen LogP contribution in [-0.4, -0.2) is 46.7 Å². The van der Waals surface area contributed by atoms with E-state index in [4.69, 9.17) is 0 Å². The van der Waals surface area contributed by atoms with Crippen LogP contribution in [0.2, 0.25) is 0 Å². The molecule has 1 saturated heterocycles. The van der Waals surface area contributed by atoms with Crippen molar-refractivity contribution >= 4 is 29.5 Å². The summed E-state index contributed by atoms with van der Waals surface area (Å²) < 4.78 is 0. The van der Waals surface area contributed by atoms with E-state index in [1.807, 2.05) is 30.3 Å². The maximum Gasteiger partial charge on any atom is 0.242 e. The molecule has 0 spiro atoms. The van der Waals surface area contributed by atoms with Crippen LogP contribution in [0.4, 0.5) is 0 Å². The van der Waals surface area contributed by atoms with Gasteiger partial charge in [-0.1, -0.05) is 30.3 Å². The summed E-state index contributed by atoms with van der Waals surface area (Å²) in [6.45, 7) is 2.06. The lowest BCUT2D eigenvalue weighted by atomic mass is 10.1. The number of benzene rings is 1. The third-order valence-electron chi connectivity index (χ3n) is 3.25. The Kier molecular flexibility index (Phi) is 5.38. The zero-order chi connectivity index (χ0) is 15.2. The molecule has 5 nitrogen and oxygen atoms in total. The number of amides is 3. The molecule has 112 valence electrons. The molecule has 1 aliphatic rings. The number of carbonyl (C=O) groups excluding carboxylic acids is 3. The number of imide groups is 1. The zero-order valence-electron chi connectivity index (χ0n) is 11.9. The molecular weight excluding hydrogens is 288 g/mol. The fraction of sp³-hybridized carbons (Fsp3) is 0.400. The van der Waals surface area contributed by atoms with Crippen molar-refractivity contribution in [2.45, 2.75) is 18.6 Å². The summed E-state index contributed by atoms with van der Waals surface area (Å²) in [5.74, 6) is -0.619. The van der Waals surface area contributed by atoms with Crippen molar-refractivity contribution in [3.63, 3.8) is 0 Å². The number of nitrogens with zero attached hydrogens (tertiary/aromatic N) is 1. The molecule has 3 amide bonds. The molecule has 0 saturated carbocycles. The van der Waals surface area contributed by atoms with Gasteiger partial charge in [0.25, 0.3) is 0 Å². The molecule has 1 aliphatic heterocycles. The Bertz CT molecular complexity index is 533. The molecule has 0 unspecified atom stereocenters. The molecule has 1 fully saturated rings. The SMILES string of the molecule is C[C@H]1SCC(=O)N(CC(=O)NCCc2ccccc2)C1=O. The highest BCUT2D eigenvalue weighted by atomic mass is 32.2. The average Bonchev–Trinajstić information content (AvgIpc) is 2.49. The fourth-order valence-corrected chi connectivity index (χ4v) is 2.86. The summed E-state index contributed by atoms with van der Waals surface area (Å²) in [5, 5.41) is 2.48. The van der Waals surface area contributed by atoms with E-state index in [9.17, 15) is 14.4 Å². The van der Waals surface area contributed by atoms with Gasteiger partial charge in [0, 0.05) is 6.54 Å². The molecule has 1 atom stereocenters. The molecule has 0 aromatic heterocycles. The van der Waals surface area contributed by atoms with E-state index < -0.39 is 0 Å². The highest BCUT2D eigenvalue weighted by Gasteiger charge is 2.33. The second kappa shape index (κ2) is 7.26. The van der Waals surface area contributed by atoms with E-state index in [1.165, 1.54) is 11.8 Å². The minimum absolute atomic E-state index is 0.183. The van der Waals surface area contributed by atoms with E-state index in [2.05, 4.69) is 5.32 Å². The Morgan fingerprint density at radius 3 is 2.76 bits per heavy atom. The van der Waals surface area contributed by atoms with Crippen LogP contribution in [0.3, 0.4) is 0 Å². The largest absolute Gasteiger partial charge is 0.354 e. The van der Waals surface area contributed by atoms with Crippen molar-refractivity contribution in [1.29, 1.82) is 0 Å². The van der Waals surface area contributed by atoms with E-state index in [0.717, 1.165) is 16.9 Å². The normalized spacial score (nSPS) is 18.7. The van der Waals surface area contributed by atoms with Crippen molar-refractivity contribution in [3.8, 4) is 0 Å². The Hall–Kier alpha value is -1.82. The van der Waals surface area contributed by atoms with Gasteiger partial charge in [-0.15, -0.1) is 11.8 Å². The molecule has 2 rings (SSSR count). The van der Waals surface area contributed by atoms with Crippen LogP contribution in [0, 0.1) is 0 Å². The lowest BCUT2D eigenvalue weighted by Crippen LogP contribution is -2.50. The van der Waals surface area contributed by atoms with Gasteiger partial charge in [-0.05, 0) is 18.9 Å². The number of hydrogen-bond donors (Lipinski definition) is 1. The van der Waals surface area contributed by atoms with E-state index in [0.29, 0.717) is 6.54 Å². The van der Waals surface area contributed by atoms with Gasteiger partial charge >= 0.3 is 0 Å². The smallest absolute Gasteiger partial charge is 0.242 e. The van der Waals surface area contributed by atoms with Gasteiger partial charge in [0.2, 0.25) is 17.7 Å². The fourth-order valence-electron chi connectivity index (χ4n) is 2.04. The Balaban J connectivity index is 1.78. The Morgan fingerprint density at radius 1 is 1.33 bits per heavy atom. The van der Waals surface area contributed by atoms with Crippen LogP contribution in [0.5, 0.6) is 0 Å². The molecule has 0 aliphatic carbocycles. The maximum absolute atomic E-state index is 11.9. The lowest BCUT2D eigenvalue weighted by molar-refractivity contribution is -0.146. The lowest BCUT2D eigenvalue weighted by Gasteiger charge is -2.27. The van der Waals surface area contributed by atoms with Crippen LogP contribution in [0.1, 0.15) is 12.5 Å². The third kappa shape index (κ3) is 4.32. The van der Waals surface area contributed by atoms with Gasteiger partial charge in [-0.2, -0.15) is 0 Å². The molecule has 1 N–H and O–H groups in total. The van der Waals surface area contributed by atoms with Crippen LogP contribution in [0.15, 0.2) is 30.3 Å². The minimum atomic E-state index is -0.299. The molecular formula is C15H18N2O3S. The predicted octanol–water partition coefficient (Wildman–Crippen LogP) is 0.836. The molecule has 6 heteroatoms. The second-order valence-corrected chi connectivity index (χ2v) is 6.19. The Morgan fingerprint density at radius 2 is 2.05 bits per heavy atom. The average molecular weight is 306 g/mol. The van der Waals surface area contributed by atoms with Crippen LogP contribution >= 0.6 is 11.8 Å². The molecule has 1 heterocycles. The van der Waals surface area contributed by atoms with Gasteiger partial charge < -0.3 is 5.32 Å². The summed E-state index contributed by atoms with van der Waals surface area (Å²) in [7, 11) is 0. The standard InChI is InChI=1S/C15H18N2O3S/c1-11-15(20)17(14(19)10-21-11)9-13(18)16-8-7-12-5-3-2-4-6-12/h2-6,11H,7-10H2,1H3,(H,16,18)/t11-/m1/s1. The first kappa shape index (κ1) is 15.6. The maximum atomic E-state index is 11.9. The summed E-state index contributed by atoms with van der Waals surface area (Å²) in [5.41, 5.74) is 1.13. The summed E-state index contributed by atoms with van der Waals surface area (Å²) in [6.07, 6.45) is 0.723. The monoisotopic (exact) mass is 306 g/mol. The quantitative estimate of drug-likeness (QED) is 0.819. The number of nitrogens with one attached hydrogen (secondary N) is 1. The van der Waals surface area contributed by atoms with Crippen LogP contribution < -0.4 is 5.32 Å². The first-order chi connectivity index (χ1) is 10.1. The topological polar surface area (TPSA) is 66.5 Å². The molecule has 0 radical (unpaired) electrons. The Labute approximate surface area is 128 Å².